The summed E-state index contributed by atoms with van der Waals surface area (Å²) in [7, 11) is 0. The Hall–Kier alpha value is -6.49. The molecule has 4 unspecified atom stereocenters. The monoisotopic (exact) mass is 932 g/mol. The lowest BCUT2D eigenvalue weighted by Gasteiger charge is -2.35. The van der Waals surface area contributed by atoms with Crippen molar-refractivity contribution >= 4 is 41.0 Å². The van der Waals surface area contributed by atoms with Crippen molar-refractivity contribution in [3.05, 3.63) is 130 Å². The lowest BCUT2D eigenvalue weighted by atomic mass is 9.85. The number of thiazole rings is 1. The molecule has 5 N–H and O–H groups in total. The van der Waals surface area contributed by atoms with E-state index in [4.69, 9.17) is 9.47 Å². The Labute approximate surface area is 393 Å². The maximum Gasteiger partial charge on any atom is 0.322 e. The zero-order chi connectivity index (χ0) is 47.8. The first-order chi connectivity index (χ1) is 32.1. The Morgan fingerprint density at radius 2 is 1.55 bits per heavy atom. The molecule has 1 saturated heterocycles. The molecule has 1 aromatic heterocycles. The maximum atomic E-state index is 15.0. The summed E-state index contributed by atoms with van der Waals surface area (Å²) in [5.41, 5.74) is 7.29. The van der Waals surface area contributed by atoms with Gasteiger partial charge in [-0.3, -0.25) is 24.5 Å². The number of rotatable bonds is 17. The Kier molecular flexibility index (Phi) is 15.5. The number of nitrogens with one attached hydrogen (secondary N) is 4. The van der Waals surface area contributed by atoms with Crippen LogP contribution in [-0.4, -0.2) is 89.2 Å². The van der Waals surface area contributed by atoms with Crippen molar-refractivity contribution in [1.82, 2.24) is 31.2 Å². The van der Waals surface area contributed by atoms with Crippen LogP contribution in [0.3, 0.4) is 0 Å². The summed E-state index contributed by atoms with van der Waals surface area (Å²) in [6.45, 7) is 9.27. The van der Waals surface area contributed by atoms with Gasteiger partial charge >= 0.3 is 6.03 Å². The van der Waals surface area contributed by atoms with Gasteiger partial charge in [-0.2, -0.15) is 0 Å². The minimum absolute atomic E-state index is 0.00756. The molecule has 4 aromatic carbocycles. The standard InChI is InChI=1S/C51H57FN6O8S/c1-30(32-20-22-33(23-21-32)45-31(2)53-29-67-45)54-47(61)40-26-34(59)27-58(40)49(63)46(51(3,4)5)55-42(60)28-65-24-11-6-12-25-66-41-19-13-18-39(52)43(41)48(62)57-50(64)56-44-37-16-9-7-14-35(37)36-15-8-10-17-38(36)44/h7-10,13-23,29-30,34,40,44,46,59H,6,11-12,24-28H2,1-5H3,(H,54,61)(H,55,60)(H2,56,57,62,64). The van der Waals surface area contributed by atoms with Gasteiger partial charge in [-0.1, -0.05) is 99.6 Å². The third-order valence-corrected chi connectivity index (χ3v) is 13.0. The molecule has 67 heavy (non-hydrogen) atoms. The van der Waals surface area contributed by atoms with Gasteiger partial charge in [0.25, 0.3) is 5.91 Å². The molecule has 2 aliphatic rings. The molecule has 7 rings (SSSR count). The van der Waals surface area contributed by atoms with Gasteiger partial charge in [0.1, 0.15) is 35.8 Å². The number of hydrogen-bond acceptors (Lipinski definition) is 10. The molecule has 0 bridgehead atoms. The third kappa shape index (κ3) is 11.6. The number of halogens is 1. The highest BCUT2D eigenvalue weighted by Crippen LogP contribution is 2.43. The Morgan fingerprint density at radius 1 is 0.881 bits per heavy atom. The van der Waals surface area contributed by atoms with E-state index in [0.717, 1.165) is 50.0 Å². The van der Waals surface area contributed by atoms with Crippen LogP contribution in [0, 0.1) is 18.2 Å². The summed E-state index contributed by atoms with van der Waals surface area (Å²) in [6, 6.07) is 23.7. The van der Waals surface area contributed by atoms with Gasteiger partial charge in [0.2, 0.25) is 17.7 Å². The number of fused-ring (bicyclic) bond motifs is 3. The van der Waals surface area contributed by atoms with Crippen molar-refractivity contribution in [2.75, 3.05) is 26.4 Å². The van der Waals surface area contributed by atoms with Gasteiger partial charge in [0.15, 0.2) is 0 Å². The molecular weight excluding hydrogens is 876 g/mol. The number of carbonyl (C=O) groups is 5. The first-order valence-electron chi connectivity index (χ1n) is 22.5. The van der Waals surface area contributed by atoms with Crippen molar-refractivity contribution in [2.45, 2.75) is 90.6 Å². The number of benzene rings is 4. The topological polar surface area (TPSA) is 188 Å². The number of aliphatic hydroxyl groups excluding tert-OH is 1. The second kappa shape index (κ2) is 21.4. The van der Waals surface area contributed by atoms with E-state index in [1.54, 1.807) is 16.8 Å². The average Bonchev–Trinajstić information content (AvgIpc) is 4.00. The fourth-order valence-electron chi connectivity index (χ4n) is 8.54. The SMILES string of the molecule is Cc1ncsc1-c1ccc(C(C)NC(=O)C2CC(O)CN2C(=O)C(NC(=O)COCCCCCOc2cccc(F)c2C(=O)NC(=O)NC2c3ccccc3-c3ccccc32)C(C)(C)C)cc1. The number of carbonyl (C=O) groups excluding carboxylic acids is 5. The molecule has 0 saturated carbocycles. The van der Waals surface area contributed by atoms with E-state index in [9.17, 15) is 29.1 Å². The molecule has 1 aliphatic heterocycles. The van der Waals surface area contributed by atoms with Gasteiger partial charge < -0.3 is 35.4 Å². The number of likely N-dealkylation sites (tertiary alicyclic amines) is 1. The molecule has 1 fully saturated rings. The molecule has 0 radical (unpaired) electrons. The number of aromatic nitrogens is 1. The summed E-state index contributed by atoms with van der Waals surface area (Å²) in [6.07, 6.45) is 0.849. The van der Waals surface area contributed by atoms with Crippen LogP contribution in [0.4, 0.5) is 9.18 Å². The van der Waals surface area contributed by atoms with Gasteiger partial charge in [0.05, 0.1) is 40.9 Å². The lowest BCUT2D eigenvalue weighted by molar-refractivity contribution is -0.144. The molecule has 5 aromatic rings. The second-order valence-corrected chi connectivity index (χ2v) is 18.8. The van der Waals surface area contributed by atoms with E-state index in [2.05, 4.69) is 26.3 Å². The normalized spacial score (nSPS) is 16.4. The lowest BCUT2D eigenvalue weighted by Crippen LogP contribution is -2.58. The van der Waals surface area contributed by atoms with Gasteiger partial charge in [0, 0.05) is 19.6 Å². The number of aryl methyl sites for hydroxylation is 1. The van der Waals surface area contributed by atoms with Crippen LogP contribution in [-0.2, 0) is 19.1 Å². The predicted molar refractivity (Wildman–Crippen MR) is 253 cm³/mol. The minimum atomic E-state index is -1.01. The van der Waals surface area contributed by atoms with Crippen LogP contribution in [0.2, 0.25) is 0 Å². The van der Waals surface area contributed by atoms with E-state index in [0.29, 0.717) is 19.3 Å². The van der Waals surface area contributed by atoms with Gasteiger partial charge in [-0.05, 0) is 84.0 Å². The van der Waals surface area contributed by atoms with Crippen LogP contribution in [0.25, 0.3) is 21.6 Å². The second-order valence-electron chi connectivity index (χ2n) is 18.0. The highest BCUT2D eigenvalue weighted by molar-refractivity contribution is 7.13. The third-order valence-electron chi connectivity index (χ3n) is 12.0. The van der Waals surface area contributed by atoms with Crippen LogP contribution >= 0.6 is 11.3 Å². The molecule has 4 atom stereocenters. The average molecular weight is 933 g/mol. The summed E-state index contributed by atoms with van der Waals surface area (Å²) < 4.78 is 26.5. The van der Waals surface area contributed by atoms with E-state index in [-0.39, 0.29) is 50.1 Å². The van der Waals surface area contributed by atoms with E-state index in [1.807, 2.05) is 107 Å². The fourth-order valence-corrected chi connectivity index (χ4v) is 9.35. The van der Waals surface area contributed by atoms with Crippen LogP contribution in [0.1, 0.15) is 98.2 Å². The van der Waals surface area contributed by atoms with E-state index >= 15 is 4.39 Å². The van der Waals surface area contributed by atoms with Crippen molar-refractivity contribution in [2.24, 2.45) is 5.41 Å². The fraction of sp³-hybridized carbons (Fsp3) is 0.373. The number of β-amino-alcohol motifs (C(OH)–C–C–N with tert-alkyl or cyclic N) is 1. The Morgan fingerprint density at radius 3 is 2.21 bits per heavy atom. The molecule has 352 valence electrons. The van der Waals surface area contributed by atoms with Gasteiger partial charge in [-0.25, -0.2) is 14.2 Å². The molecule has 1 aliphatic carbocycles. The number of hydrogen-bond donors (Lipinski definition) is 5. The summed E-state index contributed by atoms with van der Waals surface area (Å²) in [5, 5.41) is 21.6. The van der Waals surface area contributed by atoms with Crippen molar-refractivity contribution in [3.8, 4) is 27.3 Å². The molecule has 16 heteroatoms. The first-order valence-corrected chi connectivity index (χ1v) is 23.4. The largest absolute Gasteiger partial charge is 0.493 e. The predicted octanol–water partition coefficient (Wildman–Crippen LogP) is 7.40. The molecule has 2 heterocycles. The maximum absolute atomic E-state index is 15.0. The van der Waals surface area contributed by atoms with Crippen molar-refractivity contribution in [1.29, 1.82) is 0 Å². The van der Waals surface area contributed by atoms with Gasteiger partial charge in [-0.15, -0.1) is 11.3 Å². The van der Waals surface area contributed by atoms with E-state index in [1.165, 1.54) is 17.0 Å². The van der Waals surface area contributed by atoms with Crippen LogP contribution < -0.4 is 26.0 Å². The smallest absolute Gasteiger partial charge is 0.322 e. The molecule has 6 amide bonds. The Balaban J connectivity index is 0.836. The molecule has 14 nitrogen and oxygen atoms in total. The number of urea groups is 1. The minimum Gasteiger partial charge on any atom is -0.493 e. The number of imide groups is 1. The Bertz CT molecular complexity index is 2550. The van der Waals surface area contributed by atoms with Crippen LogP contribution in [0.15, 0.2) is 96.5 Å². The quantitative estimate of drug-likeness (QED) is 0.0592. The molecule has 0 spiro atoms. The number of aliphatic hydroxyl groups is 1. The summed E-state index contributed by atoms with van der Waals surface area (Å²) in [4.78, 5) is 73.9. The summed E-state index contributed by atoms with van der Waals surface area (Å²) in [5.74, 6) is -3.17. The number of nitrogens with zero attached hydrogens (tertiary/aromatic N) is 2. The van der Waals surface area contributed by atoms with Crippen LogP contribution in [0.5, 0.6) is 5.75 Å². The summed E-state index contributed by atoms with van der Waals surface area (Å²) >= 11 is 1.56. The number of unbranched alkanes of at least 4 members (excludes halogenated alkanes) is 2. The van der Waals surface area contributed by atoms with E-state index < -0.39 is 65.1 Å². The van der Waals surface area contributed by atoms with Crippen molar-refractivity contribution < 1.29 is 42.9 Å². The van der Waals surface area contributed by atoms with Crippen molar-refractivity contribution in [3.63, 3.8) is 0 Å². The zero-order valence-corrected chi connectivity index (χ0v) is 39.1. The highest BCUT2D eigenvalue weighted by Gasteiger charge is 2.45. The number of ether oxygens (including phenoxy) is 2. The first kappa shape index (κ1) is 48.4. The number of amides is 6. The molecular formula is C51H57FN6O8S. The zero-order valence-electron chi connectivity index (χ0n) is 38.3. The highest BCUT2D eigenvalue weighted by atomic mass is 32.1.